The molecule has 1 aromatic carbocycles. The number of carbonyl (C=O) groups is 1. The maximum absolute atomic E-state index is 12.6. The third-order valence-electron chi connectivity index (χ3n) is 6.18. The smallest absolute Gasteiger partial charge is 0.344 e. The van der Waals surface area contributed by atoms with E-state index in [-0.39, 0.29) is 5.97 Å². The van der Waals surface area contributed by atoms with Crippen LogP contribution in [0.1, 0.15) is 59.3 Å². The van der Waals surface area contributed by atoms with Crippen LogP contribution in [0.3, 0.4) is 0 Å². The van der Waals surface area contributed by atoms with Gasteiger partial charge in [-0.1, -0.05) is 38.3 Å². The monoisotopic (exact) mass is 481 g/mol. The molecule has 0 saturated carbocycles. The van der Waals surface area contributed by atoms with Crippen molar-refractivity contribution in [3.05, 3.63) is 53.0 Å². The van der Waals surface area contributed by atoms with Crippen molar-refractivity contribution < 1.29 is 23.4 Å². The zero-order valence-corrected chi connectivity index (χ0v) is 21.1. The summed E-state index contributed by atoms with van der Waals surface area (Å²) in [5, 5.41) is 0.720. The van der Waals surface area contributed by atoms with Gasteiger partial charge in [-0.05, 0) is 56.9 Å². The number of esters is 1. The zero-order chi connectivity index (χ0) is 25.3. The third-order valence-corrected chi connectivity index (χ3v) is 6.18. The maximum atomic E-state index is 12.6. The molecule has 0 unspecified atom stereocenters. The maximum Gasteiger partial charge on any atom is 0.344 e. The lowest BCUT2D eigenvalue weighted by Crippen LogP contribution is -2.26. The molecule has 0 aliphatic heterocycles. The summed E-state index contributed by atoms with van der Waals surface area (Å²) in [5.41, 5.74) is 0.785. The first kappa shape index (κ1) is 26.3. The van der Waals surface area contributed by atoms with Crippen molar-refractivity contribution in [3.8, 4) is 22.8 Å². The Bertz CT molecular complexity index is 1180. The Hall–Kier alpha value is -3.35. The first-order chi connectivity index (χ1) is 16.8. The number of hydrogen-bond donors (Lipinski definition) is 0. The Morgan fingerprint density at radius 1 is 1.03 bits per heavy atom. The highest BCUT2D eigenvalue weighted by Gasteiger charge is 2.26. The van der Waals surface area contributed by atoms with E-state index in [4.69, 9.17) is 18.6 Å². The van der Waals surface area contributed by atoms with Crippen LogP contribution in [0.4, 0.5) is 0 Å². The molecule has 0 spiro atoms. The van der Waals surface area contributed by atoms with Gasteiger partial charge in [-0.2, -0.15) is 0 Å². The number of fused-ring (bicyclic) bond motifs is 1. The van der Waals surface area contributed by atoms with Crippen molar-refractivity contribution in [2.75, 3.05) is 20.3 Å². The Kier molecular flexibility index (Phi) is 9.29. The molecule has 2 heterocycles. The number of hydrogen-bond acceptors (Lipinski definition) is 7. The van der Waals surface area contributed by atoms with E-state index in [1.54, 1.807) is 31.5 Å². The highest BCUT2D eigenvalue weighted by molar-refractivity contribution is 5.81. The van der Waals surface area contributed by atoms with Crippen molar-refractivity contribution >= 4 is 16.9 Å². The fourth-order valence-electron chi connectivity index (χ4n) is 3.48. The Balaban J connectivity index is 1.43. The van der Waals surface area contributed by atoms with Crippen LogP contribution >= 0.6 is 0 Å². The van der Waals surface area contributed by atoms with Crippen LogP contribution in [0.5, 0.6) is 11.6 Å². The van der Waals surface area contributed by atoms with Gasteiger partial charge < -0.3 is 18.6 Å². The number of benzene rings is 1. The number of aromatic nitrogens is 1. The molecule has 0 bridgehead atoms. The molecule has 0 aliphatic carbocycles. The SMILES string of the molecule is CCC(C)(C)C(=O)OCCCCCCCOc1cc2oc(=O)c(-c3cccc(OC)c3)cc2cn1. The number of methoxy groups -OCH3 is 1. The fraction of sp³-hybridized carbons (Fsp3) is 0.464. The first-order valence-corrected chi connectivity index (χ1v) is 12.2. The van der Waals surface area contributed by atoms with E-state index in [0.29, 0.717) is 36.0 Å². The van der Waals surface area contributed by atoms with E-state index in [1.807, 2.05) is 39.0 Å². The van der Waals surface area contributed by atoms with E-state index in [1.165, 1.54) is 0 Å². The van der Waals surface area contributed by atoms with Gasteiger partial charge in [0.1, 0.15) is 11.3 Å². The molecule has 188 valence electrons. The minimum Gasteiger partial charge on any atom is -0.497 e. The second kappa shape index (κ2) is 12.4. The molecule has 3 rings (SSSR count). The van der Waals surface area contributed by atoms with Gasteiger partial charge in [-0.15, -0.1) is 0 Å². The van der Waals surface area contributed by atoms with Gasteiger partial charge in [-0.3, -0.25) is 4.79 Å². The number of pyridine rings is 1. The molecular formula is C28H35NO6. The normalized spacial score (nSPS) is 11.4. The lowest BCUT2D eigenvalue weighted by atomic mass is 9.91. The summed E-state index contributed by atoms with van der Waals surface area (Å²) in [6, 6.07) is 10.7. The Labute approximate surface area is 206 Å². The molecule has 0 radical (unpaired) electrons. The van der Waals surface area contributed by atoms with Crippen molar-refractivity contribution in [2.24, 2.45) is 5.41 Å². The quantitative estimate of drug-likeness (QED) is 0.213. The largest absolute Gasteiger partial charge is 0.497 e. The molecule has 0 atom stereocenters. The van der Waals surface area contributed by atoms with E-state index in [0.717, 1.165) is 49.5 Å². The number of nitrogens with zero attached hydrogens (tertiary/aromatic N) is 1. The average molecular weight is 482 g/mol. The van der Waals surface area contributed by atoms with E-state index < -0.39 is 11.0 Å². The van der Waals surface area contributed by atoms with Gasteiger partial charge in [-0.25, -0.2) is 9.78 Å². The second-order valence-corrected chi connectivity index (χ2v) is 9.23. The lowest BCUT2D eigenvalue weighted by Gasteiger charge is -2.20. The van der Waals surface area contributed by atoms with Gasteiger partial charge >= 0.3 is 11.6 Å². The molecule has 0 saturated heterocycles. The van der Waals surface area contributed by atoms with Crippen molar-refractivity contribution in [1.82, 2.24) is 4.98 Å². The van der Waals surface area contributed by atoms with Gasteiger partial charge in [0.15, 0.2) is 0 Å². The molecule has 0 fully saturated rings. The standard InChI is InChI=1S/C28H35NO6/c1-5-28(2,3)27(31)34-15-10-8-6-7-9-14-33-25-18-24-21(19-29-25)17-23(26(30)35-24)20-12-11-13-22(16-20)32-4/h11-13,16-19H,5-10,14-15H2,1-4H3. The fourth-order valence-corrected chi connectivity index (χ4v) is 3.48. The van der Waals surface area contributed by atoms with Crippen LogP contribution in [-0.4, -0.2) is 31.3 Å². The summed E-state index contributed by atoms with van der Waals surface area (Å²) in [7, 11) is 1.59. The average Bonchev–Trinajstić information content (AvgIpc) is 2.87. The van der Waals surface area contributed by atoms with Crippen molar-refractivity contribution in [3.63, 3.8) is 0 Å². The molecule has 0 amide bonds. The second-order valence-electron chi connectivity index (χ2n) is 9.23. The highest BCUT2D eigenvalue weighted by atomic mass is 16.5. The van der Waals surface area contributed by atoms with Gasteiger partial charge in [0.2, 0.25) is 5.88 Å². The predicted molar refractivity (Wildman–Crippen MR) is 136 cm³/mol. The summed E-state index contributed by atoms with van der Waals surface area (Å²) in [6.07, 6.45) is 7.25. The van der Waals surface area contributed by atoms with Crippen molar-refractivity contribution in [1.29, 1.82) is 0 Å². The lowest BCUT2D eigenvalue weighted by molar-refractivity contribution is -0.154. The Morgan fingerprint density at radius 2 is 1.77 bits per heavy atom. The number of carbonyl (C=O) groups excluding carboxylic acids is 1. The molecule has 0 aliphatic rings. The molecule has 3 aromatic rings. The topological polar surface area (TPSA) is 87.9 Å². The van der Waals surface area contributed by atoms with Crippen LogP contribution < -0.4 is 15.1 Å². The molecular weight excluding hydrogens is 446 g/mol. The van der Waals surface area contributed by atoms with Gasteiger partial charge in [0.25, 0.3) is 0 Å². The van der Waals surface area contributed by atoms with Crippen LogP contribution in [-0.2, 0) is 9.53 Å². The Morgan fingerprint density at radius 3 is 2.51 bits per heavy atom. The molecule has 7 heteroatoms. The number of rotatable bonds is 13. The van der Waals surface area contributed by atoms with E-state index in [2.05, 4.69) is 4.98 Å². The summed E-state index contributed by atoms with van der Waals surface area (Å²) < 4.78 is 21.9. The molecule has 7 nitrogen and oxygen atoms in total. The van der Waals surface area contributed by atoms with Gasteiger partial charge in [0, 0.05) is 17.6 Å². The minimum atomic E-state index is -0.424. The van der Waals surface area contributed by atoms with E-state index >= 15 is 0 Å². The van der Waals surface area contributed by atoms with Gasteiger partial charge in [0.05, 0.1) is 31.3 Å². The predicted octanol–water partition coefficient (Wildman–Crippen LogP) is 6.17. The molecule has 0 N–H and O–H groups in total. The van der Waals surface area contributed by atoms with E-state index in [9.17, 15) is 9.59 Å². The van der Waals surface area contributed by atoms with Crippen molar-refractivity contribution in [2.45, 2.75) is 59.3 Å². The summed E-state index contributed by atoms with van der Waals surface area (Å²) in [4.78, 5) is 28.8. The zero-order valence-electron chi connectivity index (χ0n) is 21.1. The number of ether oxygens (including phenoxy) is 3. The summed E-state index contributed by atoms with van der Waals surface area (Å²) in [6.45, 7) is 6.82. The third kappa shape index (κ3) is 7.31. The van der Waals surface area contributed by atoms with Crippen LogP contribution in [0, 0.1) is 5.41 Å². The minimum absolute atomic E-state index is 0.122. The van der Waals surface area contributed by atoms with Crippen LogP contribution in [0.25, 0.3) is 22.1 Å². The molecule has 35 heavy (non-hydrogen) atoms. The van der Waals surface area contributed by atoms with Crippen LogP contribution in [0.2, 0.25) is 0 Å². The highest BCUT2D eigenvalue weighted by Crippen LogP contribution is 2.25. The van der Waals surface area contributed by atoms with Crippen LogP contribution in [0.15, 0.2) is 51.8 Å². The molecule has 2 aromatic heterocycles. The first-order valence-electron chi connectivity index (χ1n) is 12.2. The summed E-state index contributed by atoms with van der Waals surface area (Å²) in [5.74, 6) is 0.979. The summed E-state index contributed by atoms with van der Waals surface area (Å²) >= 11 is 0. The number of unbranched alkanes of at least 4 members (excludes halogenated alkanes) is 4.